The summed E-state index contributed by atoms with van der Waals surface area (Å²) in [5.41, 5.74) is 2.22. The smallest absolute Gasteiger partial charge is 0.408 e. The fourth-order valence-electron chi connectivity index (χ4n) is 5.88. The molecule has 1 saturated heterocycles. The van der Waals surface area contributed by atoms with Gasteiger partial charge in [0.15, 0.2) is 5.13 Å². The van der Waals surface area contributed by atoms with E-state index in [4.69, 9.17) is 0 Å². The summed E-state index contributed by atoms with van der Waals surface area (Å²) in [7, 11) is -2.60. The number of aromatic nitrogens is 2. The highest BCUT2D eigenvalue weighted by atomic mass is 32.2. The van der Waals surface area contributed by atoms with Crippen LogP contribution in [0, 0.1) is 12.8 Å². The number of pyridine rings is 1. The second kappa shape index (κ2) is 11.1. The number of benzene rings is 1. The van der Waals surface area contributed by atoms with Gasteiger partial charge in [-0.05, 0) is 82.0 Å². The van der Waals surface area contributed by atoms with E-state index in [2.05, 4.69) is 20.0 Å². The van der Waals surface area contributed by atoms with Crippen LogP contribution >= 0.6 is 11.3 Å². The highest BCUT2D eigenvalue weighted by Gasteiger charge is 2.41. The third-order valence-corrected chi connectivity index (χ3v) is 11.1. The Morgan fingerprint density at radius 2 is 1.91 bits per heavy atom. The number of carbonyl (C=O) groups is 3. The lowest BCUT2D eigenvalue weighted by atomic mass is 10.0. The first-order valence-electron chi connectivity index (χ1n) is 14.3. The lowest BCUT2D eigenvalue weighted by Crippen LogP contribution is -2.57. The van der Waals surface area contributed by atoms with E-state index in [-0.39, 0.29) is 41.4 Å². The van der Waals surface area contributed by atoms with E-state index in [0.717, 1.165) is 22.6 Å². The van der Waals surface area contributed by atoms with Gasteiger partial charge in [0, 0.05) is 25.7 Å². The summed E-state index contributed by atoms with van der Waals surface area (Å²) in [6.07, 6.45) is 0.997. The van der Waals surface area contributed by atoms with Crippen molar-refractivity contribution in [2.24, 2.45) is 5.92 Å². The first-order valence-corrected chi connectivity index (χ1v) is 16.6. The van der Waals surface area contributed by atoms with E-state index in [1.54, 1.807) is 36.1 Å². The second-order valence-corrected chi connectivity index (χ2v) is 14.2. The van der Waals surface area contributed by atoms with E-state index in [1.165, 1.54) is 23.3 Å². The molecule has 1 saturated carbocycles. The van der Waals surface area contributed by atoms with Crippen molar-refractivity contribution in [3.8, 4) is 10.4 Å². The molecule has 1 aliphatic carbocycles. The Morgan fingerprint density at radius 1 is 1.16 bits per heavy atom. The highest BCUT2D eigenvalue weighted by Crippen LogP contribution is 2.42. The number of hydrogen-bond acceptors (Lipinski definition) is 9. The molecule has 2 fully saturated rings. The van der Waals surface area contributed by atoms with Crippen molar-refractivity contribution < 1.29 is 27.9 Å². The Balaban J connectivity index is 1.29. The van der Waals surface area contributed by atoms with Gasteiger partial charge in [0.2, 0.25) is 10.0 Å². The normalized spacial score (nSPS) is 19.4. The molecule has 1 unspecified atom stereocenters. The van der Waals surface area contributed by atoms with Crippen LogP contribution in [0.15, 0.2) is 35.2 Å². The van der Waals surface area contributed by atoms with Gasteiger partial charge in [-0.2, -0.15) is 0 Å². The van der Waals surface area contributed by atoms with E-state index in [0.29, 0.717) is 46.1 Å². The zero-order valence-electron chi connectivity index (χ0n) is 24.7. The number of thiazole rings is 1. The van der Waals surface area contributed by atoms with E-state index in [9.17, 15) is 27.9 Å². The fourth-order valence-corrected chi connectivity index (χ4v) is 7.83. The largest absolute Gasteiger partial charge is 0.465 e. The minimum atomic E-state index is -3.93. The Bertz CT molecular complexity index is 1790. The lowest BCUT2D eigenvalue weighted by Gasteiger charge is -2.36. The summed E-state index contributed by atoms with van der Waals surface area (Å²) < 4.78 is 28.6. The molecule has 2 aromatic heterocycles. The zero-order chi connectivity index (χ0) is 31.5. The molecule has 0 bridgehead atoms. The molecule has 3 N–H and O–H groups in total. The molecule has 232 valence electrons. The summed E-state index contributed by atoms with van der Waals surface area (Å²) >= 11 is 1.32. The predicted molar refractivity (Wildman–Crippen MR) is 165 cm³/mol. The maximum atomic E-state index is 13.5. The summed E-state index contributed by atoms with van der Waals surface area (Å²) in [5.74, 6) is 0.652. The van der Waals surface area contributed by atoms with Crippen LogP contribution in [-0.4, -0.2) is 83.4 Å². The number of fused-ring (bicyclic) bond motifs is 1. The molecule has 44 heavy (non-hydrogen) atoms. The number of rotatable bonds is 8. The minimum absolute atomic E-state index is 0.0345. The molecule has 1 aromatic carbocycles. The van der Waals surface area contributed by atoms with Crippen LogP contribution in [-0.2, 0) is 21.4 Å². The molecule has 3 aliphatic rings. The van der Waals surface area contributed by atoms with Gasteiger partial charge >= 0.3 is 6.09 Å². The molecule has 0 radical (unpaired) electrons. The average Bonchev–Trinajstić information content (AvgIpc) is 3.71. The number of amides is 3. The van der Waals surface area contributed by atoms with Gasteiger partial charge in [0.05, 0.1) is 21.0 Å². The van der Waals surface area contributed by atoms with Gasteiger partial charge in [-0.1, -0.05) is 17.4 Å². The van der Waals surface area contributed by atoms with Gasteiger partial charge < -0.3 is 15.3 Å². The molecule has 2 atom stereocenters. The molecule has 2 aliphatic heterocycles. The Hall–Kier alpha value is -4.08. The number of nitrogens with one attached hydrogen (secondary N) is 2. The van der Waals surface area contributed by atoms with Crippen molar-refractivity contribution in [1.29, 1.82) is 0 Å². The molecule has 6 rings (SSSR count). The third kappa shape index (κ3) is 5.28. The summed E-state index contributed by atoms with van der Waals surface area (Å²) in [6, 6.07) is 7.80. The number of anilines is 3. The first-order chi connectivity index (χ1) is 20.9. The van der Waals surface area contributed by atoms with Crippen molar-refractivity contribution >= 4 is 56.0 Å². The van der Waals surface area contributed by atoms with Crippen molar-refractivity contribution in [3.05, 3.63) is 47.2 Å². The number of hydrogen-bond donors (Lipinski definition) is 3. The summed E-state index contributed by atoms with van der Waals surface area (Å²) in [5, 5.41) is 13.0. The summed E-state index contributed by atoms with van der Waals surface area (Å²) in [4.78, 5) is 52.1. The minimum Gasteiger partial charge on any atom is -0.465 e. The average molecular weight is 640 g/mol. The molecule has 3 aromatic rings. The Labute approximate surface area is 259 Å². The van der Waals surface area contributed by atoms with Crippen LogP contribution in [0.1, 0.15) is 48.3 Å². The van der Waals surface area contributed by atoms with Crippen LogP contribution in [0.2, 0.25) is 0 Å². The van der Waals surface area contributed by atoms with Gasteiger partial charge in [-0.3, -0.25) is 19.4 Å². The van der Waals surface area contributed by atoms with Crippen molar-refractivity contribution in [2.75, 3.05) is 30.4 Å². The maximum absolute atomic E-state index is 13.5. The van der Waals surface area contributed by atoms with Crippen LogP contribution in [0.4, 0.5) is 21.6 Å². The van der Waals surface area contributed by atoms with Gasteiger partial charge in [-0.25, -0.2) is 27.9 Å². The molecule has 3 amide bonds. The van der Waals surface area contributed by atoms with Gasteiger partial charge in [-0.15, -0.1) is 0 Å². The third-order valence-electron chi connectivity index (χ3n) is 8.56. The van der Waals surface area contributed by atoms with Gasteiger partial charge in [0.1, 0.15) is 17.7 Å². The number of aryl methyl sites for hydroxylation is 1. The van der Waals surface area contributed by atoms with Crippen LogP contribution in [0.25, 0.3) is 10.4 Å². The number of sulfonamides is 1. The van der Waals surface area contributed by atoms with Crippen molar-refractivity contribution in [1.82, 2.24) is 24.5 Å². The number of nitrogens with zero attached hydrogens (tertiary/aromatic N) is 5. The van der Waals surface area contributed by atoms with E-state index >= 15 is 0 Å². The number of piperazine rings is 1. The summed E-state index contributed by atoms with van der Waals surface area (Å²) in [6.45, 7) is 6.11. The number of carbonyl (C=O) groups excluding carboxylic acids is 2. The molecular weight excluding hydrogens is 606 g/mol. The van der Waals surface area contributed by atoms with Crippen LogP contribution < -0.4 is 14.9 Å². The Kier molecular flexibility index (Phi) is 7.58. The Morgan fingerprint density at radius 3 is 2.59 bits per heavy atom. The second-order valence-electron chi connectivity index (χ2n) is 11.3. The first kappa shape index (κ1) is 30.0. The topological polar surface area (TPSA) is 165 Å². The quantitative estimate of drug-likeness (QED) is 0.334. The highest BCUT2D eigenvalue weighted by molar-refractivity contribution is 7.89. The lowest BCUT2D eigenvalue weighted by molar-refractivity contribution is -0.124. The van der Waals surface area contributed by atoms with Crippen molar-refractivity contribution in [2.45, 2.75) is 57.1 Å². The standard InChI is InChI=1S/C29H33N7O6S2/c1-15-25(19-12-20-14-36(16(2)18-8-9-18)27(38)24(20)21(13-19)44(41,42)30-4)43-28(31-15)33-22-6-5-7-23(32-22)35-11-10-34(29(39)40)17(3)26(35)37/h5-7,12-13,16-18,30H,8-11,14H2,1-4H3,(H,39,40)(H,31,32,33)/t16?,17-/m1/s1. The molecule has 15 heteroatoms. The van der Waals surface area contributed by atoms with E-state index in [1.807, 2.05) is 19.9 Å². The molecular formula is C29H33N7O6S2. The fraction of sp³-hybridized carbons (Fsp3) is 0.414. The van der Waals surface area contributed by atoms with Crippen LogP contribution in [0.5, 0.6) is 0 Å². The molecule has 0 spiro atoms. The SMILES string of the molecule is CNS(=O)(=O)c1cc(-c2sc(Nc3cccc(N4CCN(C(=O)O)[C@H](C)C4=O)n3)nc2C)cc2c1C(=O)N(C(C)C1CC1)C2. The van der Waals surface area contributed by atoms with E-state index < -0.39 is 22.2 Å². The zero-order valence-corrected chi connectivity index (χ0v) is 26.3. The monoisotopic (exact) mass is 639 g/mol. The van der Waals surface area contributed by atoms with Crippen LogP contribution in [0.3, 0.4) is 0 Å². The predicted octanol–water partition coefficient (Wildman–Crippen LogP) is 3.63. The van der Waals surface area contributed by atoms with Crippen molar-refractivity contribution in [3.63, 3.8) is 0 Å². The molecule has 13 nitrogen and oxygen atoms in total. The maximum Gasteiger partial charge on any atom is 0.408 e. The molecule has 4 heterocycles. The number of carboxylic acid groups (broad SMARTS) is 1. The van der Waals surface area contributed by atoms with Gasteiger partial charge in [0.25, 0.3) is 11.8 Å².